The molecule has 0 bridgehead atoms. The molecule has 3 nitrogen and oxygen atoms in total. The Kier molecular flexibility index (Phi) is 3.05. The van der Waals surface area contributed by atoms with Gasteiger partial charge < -0.3 is 10.1 Å². The third-order valence-electron chi connectivity index (χ3n) is 3.29. The van der Waals surface area contributed by atoms with Gasteiger partial charge in [-0.3, -0.25) is 0 Å². The zero-order chi connectivity index (χ0) is 9.86. The number of nitriles is 1. The largest absolute Gasteiger partial charge is 0.376 e. The number of nitrogens with zero attached hydrogens (tertiary/aromatic N) is 1. The highest BCUT2D eigenvalue weighted by Crippen LogP contribution is 2.48. The molecular weight excluding hydrogens is 176 g/mol. The molecule has 1 saturated heterocycles. The van der Waals surface area contributed by atoms with Crippen LogP contribution in [0.2, 0.25) is 0 Å². The zero-order valence-electron chi connectivity index (χ0n) is 8.59. The predicted molar refractivity (Wildman–Crippen MR) is 53.7 cm³/mol. The van der Waals surface area contributed by atoms with Crippen molar-refractivity contribution in [1.29, 1.82) is 5.26 Å². The third-order valence-corrected chi connectivity index (χ3v) is 3.29. The van der Waals surface area contributed by atoms with E-state index in [4.69, 9.17) is 10.00 Å². The Morgan fingerprint density at radius 2 is 2.36 bits per heavy atom. The molecule has 1 N–H and O–H groups in total. The van der Waals surface area contributed by atoms with E-state index >= 15 is 0 Å². The highest BCUT2D eigenvalue weighted by atomic mass is 16.5. The van der Waals surface area contributed by atoms with Crippen molar-refractivity contribution < 1.29 is 4.74 Å². The third kappa shape index (κ3) is 2.46. The lowest BCUT2D eigenvalue weighted by Crippen LogP contribution is -2.36. The van der Waals surface area contributed by atoms with E-state index in [0.29, 0.717) is 12.5 Å². The zero-order valence-corrected chi connectivity index (χ0v) is 8.59. The van der Waals surface area contributed by atoms with E-state index in [1.165, 1.54) is 25.7 Å². The first kappa shape index (κ1) is 9.95. The molecule has 1 unspecified atom stereocenters. The number of nitrogens with one attached hydrogen (secondary N) is 1. The van der Waals surface area contributed by atoms with Crippen LogP contribution < -0.4 is 5.32 Å². The molecule has 0 spiro atoms. The topological polar surface area (TPSA) is 45.0 Å². The van der Waals surface area contributed by atoms with Crippen LogP contribution in [0.4, 0.5) is 0 Å². The van der Waals surface area contributed by atoms with Crippen molar-refractivity contribution in [3.63, 3.8) is 0 Å². The molecule has 0 radical (unpaired) electrons. The lowest BCUT2D eigenvalue weighted by atomic mass is 10.0. The normalized spacial score (nSPS) is 29.5. The summed E-state index contributed by atoms with van der Waals surface area (Å²) >= 11 is 0. The Bertz CT molecular complexity index is 224. The average molecular weight is 194 g/mol. The molecule has 1 aliphatic heterocycles. The van der Waals surface area contributed by atoms with Gasteiger partial charge in [0.1, 0.15) is 0 Å². The van der Waals surface area contributed by atoms with E-state index in [1.807, 2.05) is 0 Å². The molecule has 0 aromatic rings. The van der Waals surface area contributed by atoms with E-state index in [2.05, 4.69) is 11.4 Å². The molecule has 0 aromatic heterocycles. The molecular formula is C11H18N2O. The second-order valence-electron chi connectivity index (χ2n) is 4.61. The van der Waals surface area contributed by atoms with Crippen molar-refractivity contribution >= 4 is 0 Å². The van der Waals surface area contributed by atoms with Crippen molar-refractivity contribution in [2.24, 2.45) is 5.41 Å². The maximum Gasteiger partial charge on any atom is 0.0700 e. The van der Waals surface area contributed by atoms with E-state index in [0.717, 1.165) is 19.7 Å². The number of piperidine rings is 1. The van der Waals surface area contributed by atoms with Crippen LogP contribution >= 0.6 is 0 Å². The van der Waals surface area contributed by atoms with Crippen LogP contribution in [0.3, 0.4) is 0 Å². The van der Waals surface area contributed by atoms with Crippen molar-refractivity contribution in [3.05, 3.63) is 0 Å². The molecule has 1 atom stereocenters. The fourth-order valence-electron chi connectivity index (χ4n) is 1.97. The SMILES string of the molecule is N#CCC1(COC2CCCNC2)CC1. The van der Waals surface area contributed by atoms with Crippen LogP contribution in [0, 0.1) is 16.7 Å². The summed E-state index contributed by atoms with van der Waals surface area (Å²) in [6.45, 7) is 2.92. The summed E-state index contributed by atoms with van der Waals surface area (Å²) in [5, 5.41) is 12.0. The minimum Gasteiger partial charge on any atom is -0.376 e. The first-order chi connectivity index (χ1) is 6.85. The molecule has 2 aliphatic rings. The van der Waals surface area contributed by atoms with Gasteiger partial charge in [0.15, 0.2) is 0 Å². The van der Waals surface area contributed by atoms with E-state index in [1.54, 1.807) is 0 Å². The molecule has 0 aromatic carbocycles. The lowest BCUT2D eigenvalue weighted by molar-refractivity contribution is 0.0102. The summed E-state index contributed by atoms with van der Waals surface area (Å²) in [5.74, 6) is 0. The molecule has 1 saturated carbocycles. The van der Waals surface area contributed by atoms with Crippen LogP contribution in [0.1, 0.15) is 32.1 Å². The number of hydrogen-bond acceptors (Lipinski definition) is 3. The number of ether oxygens (including phenoxy) is 1. The van der Waals surface area contributed by atoms with Crippen molar-refractivity contribution in [3.8, 4) is 6.07 Å². The van der Waals surface area contributed by atoms with Gasteiger partial charge in [-0.1, -0.05) is 0 Å². The van der Waals surface area contributed by atoms with Gasteiger partial charge in [0.25, 0.3) is 0 Å². The Morgan fingerprint density at radius 3 is 2.93 bits per heavy atom. The first-order valence-corrected chi connectivity index (χ1v) is 5.54. The molecule has 3 heteroatoms. The molecule has 0 amide bonds. The van der Waals surface area contributed by atoms with Gasteiger partial charge in [-0.2, -0.15) is 5.26 Å². The molecule has 1 aliphatic carbocycles. The average Bonchev–Trinajstić information content (AvgIpc) is 2.98. The van der Waals surface area contributed by atoms with Gasteiger partial charge >= 0.3 is 0 Å². The second kappa shape index (κ2) is 4.29. The predicted octanol–water partition coefficient (Wildman–Crippen LogP) is 1.45. The maximum atomic E-state index is 8.66. The molecule has 1 heterocycles. The van der Waals surface area contributed by atoms with Crippen LogP contribution in [0.25, 0.3) is 0 Å². The fraction of sp³-hybridized carbons (Fsp3) is 0.909. The molecule has 2 fully saturated rings. The summed E-state index contributed by atoms with van der Waals surface area (Å²) in [6, 6.07) is 2.26. The maximum absolute atomic E-state index is 8.66. The van der Waals surface area contributed by atoms with E-state index < -0.39 is 0 Å². The Labute approximate surface area is 85.4 Å². The Morgan fingerprint density at radius 1 is 1.50 bits per heavy atom. The summed E-state index contributed by atoms with van der Waals surface area (Å²) in [5.41, 5.74) is 0.242. The van der Waals surface area contributed by atoms with Gasteiger partial charge in [0.2, 0.25) is 0 Å². The lowest BCUT2D eigenvalue weighted by Gasteiger charge is -2.25. The van der Waals surface area contributed by atoms with Crippen molar-refractivity contribution in [2.75, 3.05) is 19.7 Å². The minimum atomic E-state index is 0.242. The van der Waals surface area contributed by atoms with Crippen LogP contribution in [-0.2, 0) is 4.74 Å². The van der Waals surface area contributed by atoms with Crippen LogP contribution in [0.5, 0.6) is 0 Å². The van der Waals surface area contributed by atoms with Crippen molar-refractivity contribution in [1.82, 2.24) is 5.32 Å². The van der Waals surface area contributed by atoms with E-state index in [9.17, 15) is 0 Å². The van der Waals surface area contributed by atoms with Gasteiger partial charge in [-0.05, 0) is 32.2 Å². The summed E-state index contributed by atoms with van der Waals surface area (Å²) in [6.07, 6.45) is 5.82. The summed E-state index contributed by atoms with van der Waals surface area (Å²) < 4.78 is 5.85. The second-order valence-corrected chi connectivity index (χ2v) is 4.61. The highest BCUT2D eigenvalue weighted by Gasteiger charge is 2.43. The standard InChI is InChI=1S/C11H18N2O/c12-6-5-11(3-4-11)9-14-10-2-1-7-13-8-10/h10,13H,1-5,7-9H2. The van der Waals surface area contributed by atoms with E-state index in [-0.39, 0.29) is 5.41 Å². The monoisotopic (exact) mass is 194 g/mol. The fourth-order valence-corrected chi connectivity index (χ4v) is 1.97. The quantitative estimate of drug-likeness (QED) is 0.736. The van der Waals surface area contributed by atoms with Crippen LogP contribution in [-0.4, -0.2) is 25.8 Å². The smallest absolute Gasteiger partial charge is 0.0700 e. The summed E-state index contributed by atoms with van der Waals surface area (Å²) in [7, 11) is 0. The van der Waals surface area contributed by atoms with Crippen molar-refractivity contribution in [2.45, 2.75) is 38.2 Å². The Hall–Kier alpha value is -0.590. The Balaban J connectivity index is 1.69. The first-order valence-electron chi connectivity index (χ1n) is 5.54. The van der Waals surface area contributed by atoms with Crippen LogP contribution in [0.15, 0.2) is 0 Å². The number of rotatable bonds is 4. The minimum absolute atomic E-state index is 0.242. The molecule has 14 heavy (non-hydrogen) atoms. The van der Waals surface area contributed by atoms with Gasteiger partial charge in [0, 0.05) is 18.4 Å². The highest BCUT2D eigenvalue weighted by molar-refractivity contribution is 4.99. The molecule has 78 valence electrons. The van der Waals surface area contributed by atoms with Gasteiger partial charge in [-0.15, -0.1) is 0 Å². The van der Waals surface area contributed by atoms with Gasteiger partial charge in [0.05, 0.1) is 18.8 Å². The van der Waals surface area contributed by atoms with Gasteiger partial charge in [-0.25, -0.2) is 0 Å². The summed E-state index contributed by atoms with van der Waals surface area (Å²) in [4.78, 5) is 0. The number of hydrogen-bond donors (Lipinski definition) is 1. The molecule has 2 rings (SSSR count).